The number of carbonyl (C=O) groups is 1. The lowest BCUT2D eigenvalue weighted by molar-refractivity contribution is -0.137. The van der Waals surface area contributed by atoms with Crippen molar-refractivity contribution in [3.05, 3.63) is 64.7 Å². The van der Waals surface area contributed by atoms with Crippen molar-refractivity contribution in [3.8, 4) is 0 Å². The first-order valence-electron chi connectivity index (χ1n) is 10.9. The Kier molecular flexibility index (Phi) is 6.44. The molecule has 4 rings (SSSR count). The van der Waals surface area contributed by atoms with E-state index in [1.165, 1.54) is 23.4 Å². The topological polar surface area (TPSA) is 38.8 Å². The van der Waals surface area contributed by atoms with Gasteiger partial charge in [0.2, 0.25) is 0 Å². The van der Waals surface area contributed by atoms with E-state index in [2.05, 4.69) is 52.3 Å². The molecule has 0 radical (unpaired) electrons. The number of piperazine rings is 1. The second-order valence-corrected chi connectivity index (χ2v) is 8.70. The molecule has 0 spiro atoms. The van der Waals surface area contributed by atoms with Gasteiger partial charge in [-0.15, -0.1) is 0 Å². The second kappa shape index (κ2) is 9.11. The highest BCUT2D eigenvalue weighted by atomic mass is 19.4. The molecule has 0 aromatic heterocycles. The molecule has 172 valence electrons. The van der Waals surface area contributed by atoms with E-state index < -0.39 is 11.7 Å². The Balaban J connectivity index is 1.50. The summed E-state index contributed by atoms with van der Waals surface area (Å²) in [5.74, 6) is -0.362. The van der Waals surface area contributed by atoms with Crippen LogP contribution in [0.2, 0.25) is 0 Å². The molecule has 2 heterocycles. The molecule has 5 nitrogen and oxygen atoms in total. The van der Waals surface area contributed by atoms with Crippen LogP contribution in [-0.2, 0) is 12.6 Å². The second-order valence-electron chi connectivity index (χ2n) is 8.70. The summed E-state index contributed by atoms with van der Waals surface area (Å²) in [7, 11) is 4.19. The van der Waals surface area contributed by atoms with Crippen LogP contribution in [0.4, 0.5) is 18.9 Å². The van der Waals surface area contributed by atoms with Crippen LogP contribution in [0.5, 0.6) is 0 Å². The minimum Gasteiger partial charge on any atom is -0.374 e. The minimum atomic E-state index is -4.41. The number of nitrogens with one attached hydrogen (secondary N) is 1. The fraction of sp³-hybridized carbons (Fsp3) is 0.458. The number of rotatable bonds is 5. The molecule has 1 fully saturated rings. The zero-order chi connectivity index (χ0) is 22.9. The predicted octanol–water partition coefficient (Wildman–Crippen LogP) is 3.42. The summed E-state index contributed by atoms with van der Waals surface area (Å²) in [6, 6.07) is 10.9. The van der Waals surface area contributed by atoms with Crippen molar-refractivity contribution in [2.75, 3.05) is 58.3 Å². The summed E-state index contributed by atoms with van der Waals surface area (Å²) in [6.07, 6.45) is -3.41. The van der Waals surface area contributed by atoms with Gasteiger partial charge in [0, 0.05) is 57.6 Å². The molecule has 0 bridgehead atoms. The van der Waals surface area contributed by atoms with Crippen LogP contribution in [0.25, 0.3) is 0 Å². The Morgan fingerprint density at radius 1 is 1.00 bits per heavy atom. The molecule has 2 aliphatic rings. The summed E-state index contributed by atoms with van der Waals surface area (Å²) in [6.45, 7) is 5.11. The first-order valence-corrected chi connectivity index (χ1v) is 10.9. The van der Waals surface area contributed by atoms with E-state index in [1.54, 1.807) is 0 Å². The maximum Gasteiger partial charge on any atom is 0.416 e. The number of benzene rings is 2. The molecule has 2 aliphatic heterocycles. The van der Waals surface area contributed by atoms with Gasteiger partial charge in [0.05, 0.1) is 11.6 Å². The van der Waals surface area contributed by atoms with Crippen molar-refractivity contribution < 1.29 is 18.0 Å². The lowest BCUT2D eigenvalue weighted by Gasteiger charge is -2.38. The van der Waals surface area contributed by atoms with Crippen LogP contribution in [-0.4, -0.2) is 69.1 Å². The Morgan fingerprint density at radius 3 is 2.34 bits per heavy atom. The van der Waals surface area contributed by atoms with Crippen LogP contribution in [0.3, 0.4) is 0 Å². The van der Waals surface area contributed by atoms with E-state index >= 15 is 0 Å². The van der Waals surface area contributed by atoms with Gasteiger partial charge >= 0.3 is 6.18 Å². The van der Waals surface area contributed by atoms with Crippen molar-refractivity contribution in [2.45, 2.75) is 18.6 Å². The van der Waals surface area contributed by atoms with Crippen molar-refractivity contribution in [2.24, 2.45) is 0 Å². The summed E-state index contributed by atoms with van der Waals surface area (Å²) in [4.78, 5) is 19.6. The molecule has 32 heavy (non-hydrogen) atoms. The summed E-state index contributed by atoms with van der Waals surface area (Å²) in [5.41, 5.74) is 3.20. The molecule has 0 aliphatic carbocycles. The van der Waals surface area contributed by atoms with Gasteiger partial charge < -0.3 is 15.1 Å². The third-order valence-electron chi connectivity index (χ3n) is 6.53. The molecular weight excluding hydrogens is 417 g/mol. The number of fused-ring (bicyclic) bond motifs is 1. The number of anilines is 1. The average Bonchev–Trinajstić information content (AvgIpc) is 3.14. The smallest absolute Gasteiger partial charge is 0.374 e. The van der Waals surface area contributed by atoms with Gasteiger partial charge in [0.15, 0.2) is 0 Å². The Morgan fingerprint density at radius 2 is 1.69 bits per heavy atom. The van der Waals surface area contributed by atoms with Crippen molar-refractivity contribution >= 4 is 11.6 Å². The Labute approximate surface area is 186 Å². The fourth-order valence-electron chi connectivity index (χ4n) is 4.49. The number of likely N-dealkylation sites (N-methyl/N-ethyl adjacent to an activating group) is 2. The highest BCUT2D eigenvalue weighted by Gasteiger charge is 2.30. The van der Waals surface area contributed by atoms with Gasteiger partial charge in [-0.25, -0.2) is 0 Å². The average molecular weight is 447 g/mol. The monoisotopic (exact) mass is 446 g/mol. The van der Waals surface area contributed by atoms with Gasteiger partial charge in [-0.3, -0.25) is 9.69 Å². The van der Waals surface area contributed by atoms with Gasteiger partial charge in [-0.05, 0) is 54.9 Å². The van der Waals surface area contributed by atoms with E-state index in [-0.39, 0.29) is 17.5 Å². The van der Waals surface area contributed by atoms with Crippen molar-refractivity contribution in [1.82, 2.24) is 15.1 Å². The third kappa shape index (κ3) is 4.91. The first kappa shape index (κ1) is 22.6. The summed E-state index contributed by atoms with van der Waals surface area (Å²) >= 11 is 0. The van der Waals surface area contributed by atoms with Crippen LogP contribution in [0.1, 0.15) is 33.1 Å². The summed E-state index contributed by atoms with van der Waals surface area (Å²) in [5, 5.41) is 2.95. The zero-order valence-corrected chi connectivity index (χ0v) is 18.5. The number of hydrogen-bond donors (Lipinski definition) is 1. The SMILES string of the molecule is CN1CCN([C@@H](CNC(=O)c2ccc(C(F)(F)F)cc2)c2ccc3c(c2)CCN3C)CC1. The molecule has 0 saturated carbocycles. The number of nitrogens with zero attached hydrogens (tertiary/aromatic N) is 3. The molecule has 1 atom stereocenters. The standard InChI is InChI=1S/C24H29F3N4O/c1-29-11-13-31(14-12-29)22(18-5-8-21-19(15-18)9-10-30(21)2)16-28-23(32)17-3-6-20(7-4-17)24(25,26)27/h3-8,15,22H,9-14,16H2,1-2H3,(H,28,32)/t22-/m0/s1. The van der Waals surface area contributed by atoms with E-state index in [1.807, 2.05) is 0 Å². The molecule has 2 aromatic carbocycles. The normalized spacial score (nSPS) is 18.5. The van der Waals surface area contributed by atoms with E-state index in [9.17, 15) is 18.0 Å². The molecular formula is C24H29F3N4O. The maximum absolute atomic E-state index is 12.8. The molecule has 1 saturated heterocycles. The fourth-order valence-corrected chi connectivity index (χ4v) is 4.49. The molecule has 1 amide bonds. The van der Waals surface area contributed by atoms with E-state index in [4.69, 9.17) is 0 Å². The van der Waals surface area contributed by atoms with Crippen molar-refractivity contribution in [1.29, 1.82) is 0 Å². The molecule has 0 unspecified atom stereocenters. The molecule has 8 heteroatoms. The highest BCUT2D eigenvalue weighted by molar-refractivity contribution is 5.94. The number of amides is 1. The zero-order valence-electron chi connectivity index (χ0n) is 18.5. The van der Waals surface area contributed by atoms with Gasteiger partial charge in [0.1, 0.15) is 0 Å². The Bertz CT molecular complexity index is 953. The summed E-state index contributed by atoms with van der Waals surface area (Å²) < 4.78 is 38.4. The maximum atomic E-state index is 12.8. The van der Waals surface area contributed by atoms with Gasteiger partial charge in [0.25, 0.3) is 5.91 Å². The lowest BCUT2D eigenvalue weighted by atomic mass is 10.00. The van der Waals surface area contributed by atoms with Gasteiger partial charge in [-0.1, -0.05) is 12.1 Å². The number of hydrogen-bond acceptors (Lipinski definition) is 4. The first-order chi connectivity index (χ1) is 15.2. The van der Waals surface area contributed by atoms with E-state index in [0.29, 0.717) is 6.54 Å². The molecule has 2 aromatic rings. The quantitative estimate of drug-likeness (QED) is 0.764. The highest BCUT2D eigenvalue weighted by Crippen LogP contribution is 2.32. The Hall–Kier alpha value is -2.58. The number of halogens is 3. The number of carbonyl (C=O) groups excluding carboxylic acids is 1. The number of alkyl halides is 3. The lowest BCUT2D eigenvalue weighted by Crippen LogP contribution is -2.48. The van der Waals surface area contributed by atoms with Crippen LogP contribution in [0.15, 0.2) is 42.5 Å². The van der Waals surface area contributed by atoms with Crippen LogP contribution >= 0.6 is 0 Å². The largest absolute Gasteiger partial charge is 0.416 e. The van der Waals surface area contributed by atoms with Crippen LogP contribution in [0, 0.1) is 0 Å². The van der Waals surface area contributed by atoms with E-state index in [0.717, 1.165) is 56.8 Å². The van der Waals surface area contributed by atoms with Crippen molar-refractivity contribution in [3.63, 3.8) is 0 Å². The van der Waals surface area contributed by atoms with Crippen LogP contribution < -0.4 is 10.2 Å². The minimum absolute atomic E-state index is 0.0123. The predicted molar refractivity (Wildman–Crippen MR) is 119 cm³/mol. The molecule has 1 N–H and O–H groups in total. The van der Waals surface area contributed by atoms with Gasteiger partial charge in [-0.2, -0.15) is 13.2 Å². The third-order valence-corrected chi connectivity index (χ3v) is 6.53.